The molecular weight excluding hydrogens is 284 g/mol. The molecule has 2 aliphatic rings. The lowest BCUT2D eigenvalue weighted by Crippen LogP contribution is -2.43. The predicted octanol–water partition coefficient (Wildman–Crippen LogP) is 2.86. The summed E-state index contributed by atoms with van der Waals surface area (Å²) in [4.78, 5) is 17.4. The molecule has 1 saturated heterocycles. The molecule has 1 aromatic rings. The number of urea groups is 1. The van der Waals surface area contributed by atoms with Gasteiger partial charge in [-0.3, -0.25) is 9.11 Å². The summed E-state index contributed by atoms with van der Waals surface area (Å²) in [5.74, 6) is 0.631. The fraction of sp³-hybridized carbons (Fsp3) is 0.562. The average Bonchev–Trinajstić information content (AvgIpc) is 2.74. The first-order chi connectivity index (χ1) is 9.98. The lowest BCUT2D eigenvalue weighted by atomic mass is 9.93. The largest absolute Gasteiger partial charge is 0.324 e. The fourth-order valence-electron chi connectivity index (χ4n) is 3.10. The van der Waals surface area contributed by atoms with E-state index < -0.39 is 10.8 Å². The molecule has 0 radical (unpaired) electrons. The Labute approximate surface area is 128 Å². The molecule has 5 heteroatoms. The number of para-hydroxylation sites is 1. The summed E-state index contributed by atoms with van der Waals surface area (Å²) in [7, 11) is -0.999. The van der Waals surface area contributed by atoms with E-state index in [4.69, 9.17) is 0 Å². The van der Waals surface area contributed by atoms with Crippen molar-refractivity contribution in [1.29, 1.82) is 0 Å². The molecular formula is C16H22N2O2S. The third kappa shape index (κ3) is 2.84. The van der Waals surface area contributed by atoms with Crippen molar-refractivity contribution in [3.63, 3.8) is 0 Å². The minimum Gasteiger partial charge on any atom is -0.324 e. The van der Waals surface area contributed by atoms with Crippen LogP contribution in [0.5, 0.6) is 0 Å². The predicted molar refractivity (Wildman–Crippen MR) is 85.0 cm³/mol. The van der Waals surface area contributed by atoms with Gasteiger partial charge in [-0.25, -0.2) is 4.79 Å². The number of fused-ring (bicyclic) bond motifs is 1. The molecule has 0 spiro atoms. The fourth-order valence-corrected chi connectivity index (χ4v) is 4.35. The molecule has 2 aliphatic heterocycles. The summed E-state index contributed by atoms with van der Waals surface area (Å²) in [6.45, 7) is 6.66. The van der Waals surface area contributed by atoms with Gasteiger partial charge in [0, 0.05) is 25.4 Å². The first-order valence-electron chi connectivity index (χ1n) is 7.52. The molecule has 4 nitrogen and oxygen atoms in total. The molecule has 1 atom stereocenters. The molecule has 21 heavy (non-hydrogen) atoms. The monoisotopic (exact) mass is 306 g/mol. The van der Waals surface area contributed by atoms with Gasteiger partial charge in [0.05, 0.1) is 21.4 Å². The average molecular weight is 306 g/mol. The van der Waals surface area contributed by atoms with E-state index in [2.05, 4.69) is 13.8 Å². The highest BCUT2D eigenvalue weighted by Gasteiger charge is 2.35. The number of hydrogen-bond acceptors (Lipinski definition) is 2. The van der Waals surface area contributed by atoms with Crippen molar-refractivity contribution >= 4 is 22.5 Å². The third-order valence-corrected chi connectivity index (χ3v) is 5.79. The Balaban J connectivity index is 1.90. The highest BCUT2D eigenvalue weighted by Crippen LogP contribution is 2.32. The van der Waals surface area contributed by atoms with Crippen LogP contribution in [0.3, 0.4) is 0 Å². The maximum atomic E-state index is 12.9. The lowest BCUT2D eigenvalue weighted by Gasteiger charge is -2.28. The second kappa shape index (κ2) is 5.44. The normalized spacial score (nSPS) is 24.6. The van der Waals surface area contributed by atoms with Crippen molar-refractivity contribution < 1.29 is 9.00 Å². The van der Waals surface area contributed by atoms with Crippen molar-refractivity contribution in [3.05, 3.63) is 24.3 Å². The Kier molecular flexibility index (Phi) is 3.78. The molecule has 1 aromatic carbocycles. The Hall–Kier alpha value is -1.36. The number of carbonyl (C=O) groups excluding carboxylic acids is 1. The topological polar surface area (TPSA) is 40.6 Å². The van der Waals surface area contributed by atoms with Gasteiger partial charge in [-0.2, -0.15) is 0 Å². The Morgan fingerprint density at radius 1 is 1.24 bits per heavy atom. The van der Waals surface area contributed by atoms with E-state index in [1.807, 2.05) is 34.1 Å². The van der Waals surface area contributed by atoms with Gasteiger partial charge >= 0.3 is 6.03 Å². The van der Waals surface area contributed by atoms with Crippen LogP contribution in [-0.2, 0) is 10.8 Å². The van der Waals surface area contributed by atoms with Gasteiger partial charge in [-0.1, -0.05) is 26.0 Å². The van der Waals surface area contributed by atoms with Gasteiger partial charge in [0.15, 0.2) is 0 Å². The summed E-state index contributed by atoms with van der Waals surface area (Å²) < 4.78 is 12.3. The van der Waals surface area contributed by atoms with Crippen molar-refractivity contribution in [1.82, 2.24) is 4.90 Å². The second-order valence-electron chi connectivity index (χ2n) is 6.64. The smallest absolute Gasteiger partial charge is 0.324 e. The van der Waals surface area contributed by atoms with E-state index in [-0.39, 0.29) is 11.4 Å². The summed E-state index contributed by atoms with van der Waals surface area (Å²) in [5, 5.41) is 0. The molecule has 2 heterocycles. The number of anilines is 1. The molecule has 2 amide bonds. The van der Waals surface area contributed by atoms with Crippen LogP contribution in [-0.4, -0.2) is 40.5 Å². The summed E-state index contributed by atoms with van der Waals surface area (Å²) >= 11 is 0. The van der Waals surface area contributed by atoms with Crippen molar-refractivity contribution in [3.8, 4) is 0 Å². The summed E-state index contributed by atoms with van der Waals surface area (Å²) in [6, 6.07) is 7.66. The highest BCUT2D eigenvalue weighted by molar-refractivity contribution is 7.85. The number of likely N-dealkylation sites (tertiary alicyclic amines) is 1. The van der Waals surface area contributed by atoms with E-state index in [1.165, 1.54) is 0 Å². The quantitative estimate of drug-likeness (QED) is 0.739. The molecule has 1 unspecified atom stereocenters. The highest BCUT2D eigenvalue weighted by atomic mass is 32.2. The SMILES string of the molecule is CC1(C)CCN(C(=O)N2CCCS(=O)c3ccccc32)C1. The van der Waals surface area contributed by atoms with Crippen LogP contribution >= 0.6 is 0 Å². The number of amides is 2. The van der Waals surface area contributed by atoms with Crippen molar-refractivity contribution in [2.24, 2.45) is 5.41 Å². The molecule has 0 bridgehead atoms. The number of nitrogens with zero attached hydrogens (tertiary/aromatic N) is 2. The molecule has 114 valence electrons. The maximum Gasteiger partial charge on any atom is 0.324 e. The zero-order chi connectivity index (χ0) is 15.0. The number of rotatable bonds is 0. The minimum atomic E-state index is -0.999. The van der Waals surface area contributed by atoms with E-state index in [9.17, 15) is 9.00 Å². The number of carbonyl (C=O) groups is 1. The molecule has 0 N–H and O–H groups in total. The first kappa shape index (κ1) is 14.6. The standard InChI is InChI=1S/C16H22N2O2S/c1-16(2)8-10-17(12-16)15(19)18-9-5-11-21(20)14-7-4-3-6-13(14)18/h3-4,6-7H,5,8-12H2,1-2H3. The molecule has 0 aliphatic carbocycles. The van der Waals surface area contributed by atoms with Crippen LogP contribution in [0, 0.1) is 5.41 Å². The minimum absolute atomic E-state index is 0.0620. The van der Waals surface area contributed by atoms with Gasteiger partial charge < -0.3 is 4.90 Å². The Bertz CT molecular complexity index is 585. The maximum absolute atomic E-state index is 12.9. The first-order valence-corrected chi connectivity index (χ1v) is 8.84. The molecule has 0 aromatic heterocycles. The van der Waals surface area contributed by atoms with Gasteiger partial charge in [-0.15, -0.1) is 0 Å². The summed E-state index contributed by atoms with van der Waals surface area (Å²) in [6.07, 6.45) is 1.82. The number of hydrogen-bond donors (Lipinski definition) is 0. The van der Waals surface area contributed by atoms with Gasteiger partial charge in [0.1, 0.15) is 0 Å². The van der Waals surface area contributed by atoms with E-state index >= 15 is 0 Å². The van der Waals surface area contributed by atoms with Crippen molar-refractivity contribution in [2.45, 2.75) is 31.6 Å². The van der Waals surface area contributed by atoms with Crippen LogP contribution in [0.25, 0.3) is 0 Å². The molecule has 1 fully saturated rings. The zero-order valence-corrected chi connectivity index (χ0v) is 13.5. The second-order valence-corrected chi connectivity index (χ2v) is 8.18. The summed E-state index contributed by atoms with van der Waals surface area (Å²) in [5.41, 5.74) is 1.02. The van der Waals surface area contributed by atoms with E-state index in [0.29, 0.717) is 12.3 Å². The molecule has 0 saturated carbocycles. The Morgan fingerprint density at radius 2 is 2.00 bits per heavy atom. The van der Waals surface area contributed by atoms with Crippen LogP contribution < -0.4 is 4.90 Å². The van der Waals surface area contributed by atoms with Crippen LogP contribution in [0.15, 0.2) is 29.2 Å². The van der Waals surface area contributed by atoms with E-state index in [0.717, 1.165) is 36.5 Å². The van der Waals surface area contributed by atoms with Crippen molar-refractivity contribution in [2.75, 3.05) is 30.3 Å². The molecule has 3 rings (SSSR count). The van der Waals surface area contributed by atoms with Gasteiger partial charge in [0.25, 0.3) is 0 Å². The van der Waals surface area contributed by atoms with E-state index in [1.54, 1.807) is 0 Å². The zero-order valence-electron chi connectivity index (χ0n) is 12.7. The van der Waals surface area contributed by atoms with Crippen LogP contribution in [0.1, 0.15) is 26.7 Å². The van der Waals surface area contributed by atoms with Gasteiger partial charge in [0.2, 0.25) is 0 Å². The number of benzene rings is 1. The third-order valence-electron chi connectivity index (χ3n) is 4.29. The van der Waals surface area contributed by atoms with Crippen LogP contribution in [0.2, 0.25) is 0 Å². The Morgan fingerprint density at radius 3 is 2.71 bits per heavy atom. The lowest BCUT2D eigenvalue weighted by molar-refractivity contribution is 0.210. The van der Waals surface area contributed by atoms with Gasteiger partial charge in [-0.05, 0) is 30.4 Å². The van der Waals surface area contributed by atoms with Crippen LogP contribution in [0.4, 0.5) is 10.5 Å².